The van der Waals surface area contributed by atoms with E-state index in [1.165, 1.54) is 12.8 Å². The van der Waals surface area contributed by atoms with Crippen molar-refractivity contribution in [1.82, 2.24) is 10.1 Å². The van der Waals surface area contributed by atoms with Crippen molar-refractivity contribution < 1.29 is 9.26 Å². The van der Waals surface area contributed by atoms with Crippen molar-refractivity contribution in [1.29, 1.82) is 0 Å². The second kappa shape index (κ2) is 4.53. The van der Waals surface area contributed by atoms with Crippen LogP contribution in [-0.4, -0.2) is 23.4 Å². The lowest BCUT2D eigenvalue weighted by molar-refractivity contribution is 0.142. The summed E-state index contributed by atoms with van der Waals surface area (Å²) >= 11 is 0. The van der Waals surface area contributed by atoms with Gasteiger partial charge in [-0.25, -0.2) is 0 Å². The van der Waals surface area contributed by atoms with Crippen LogP contribution in [0, 0.1) is 5.92 Å². The normalized spacial score (nSPS) is 26.6. The van der Waals surface area contributed by atoms with Gasteiger partial charge in [0, 0.05) is 25.6 Å². The molecule has 1 aliphatic carbocycles. The van der Waals surface area contributed by atoms with Gasteiger partial charge in [-0.1, -0.05) is 5.16 Å². The molecule has 0 spiro atoms. The molecule has 2 fully saturated rings. The number of hydrogen-bond acceptors (Lipinski definition) is 4. The molecule has 88 valence electrons. The maximum atomic E-state index is 5.44. The minimum atomic E-state index is 0.419. The van der Waals surface area contributed by atoms with Crippen molar-refractivity contribution in [3.8, 4) is 0 Å². The van der Waals surface area contributed by atoms with Crippen molar-refractivity contribution in [3.63, 3.8) is 0 Å². The molecule has 4 heteroatoms. The van der Waals surface area contributed by atoms with Crippen LogP contribution < -0.4 is 0 Å². The average molecular weight is 222 g/mol. The first-order valence-corrected chi connectivity index (χ1v) is 6.32. The lowest BCUT2D eigenvalue weighted by Crippen LogP contribution is -2.00. The van der Waals surface area contributed by atoms with E-state index in [0.717, 1.165) is 56.5 Å². The van der Waals surface area contributed by atoms with Gasteiger partial charge < -0.3 is 9.26 Å². The summed E-state index contributed by atoms with van der Waals surface area (Å²) < 4.78 is 10.8. The van der Waals surface area contributed by atoms with E-state index in [1.807, 2.05) is 0 Å². The highest BCUT2D eigenvalue weighted by Gasteiger charge is 2.26. The number of aromatic nitrogens is 2. The van der Waals surface area contributed by atoms with Crippen LogP contribution in [-0.2, 0) is 11.2 Å². The monoisotopic (exact) mass is 222 g/mol. The second-order valence-electron chi connectivity index (χ2n) is 4.94. The molecule has 1 unspecified atom stereocenters. The molecule has 1 aliphatic heterocycles. The number of nitrogens with zero attached hydrogens (tertiary/aromatic N) is 2. The maximum Gasteiger partial charge on any atom is 0.229 e. The van der Waals surface area contributed by atoms with E-state index in [9.17, 15) is 0 Å². The smallest absolute Gasteiger partial charge is 0.229 e. The lowest BCUT2D eigenvalue weighted by Gasteiger charge is -2.05. The molecule has 0 aromatic carbocycles. The van der Waals surface area contributed by atoms with Gasteiger partial charge in [-0.05, 0) is 38.0 Å². The summed E-state index contributed by atoms with van der Waals surface area (Å²) in [5.74, 6) is 2.98. The third kappa shape index (κ3) is 2.43. The highest BCUT2D eigenvalue weighted by molar-refractivity contribution is 4.97. The zero-order chi connectivity index (χ0) is 10.8. The van der Waals surface area contributed by atoms with Gasteiger partial charge >= 0.3 is 0 Å². The molecule has 1 aromatic heterocycles. The van der Waals surface area contributed by atoms with Gasteiger partial charge in [-0.15, -0.1) is 0 Å². The number of hydrogen-bond donors (Lipinski definition) is 0. The summed E-state index contributed by atoms with van der Waals surface area (Å²) in [6.07, 6.45) is 6.91. The van der Waals surface area contributed by atoms with Crippen LogP contribution in [0.15, 0.2) is 4.52 Å². The van der Waals surface area contributed by atoms with Gasteiger partial charge in [-0.3, -0.25) is 0 Å². The van der Waals surface area contributed by atoms with Crippen LogP contribution in [0.1, 0.15) is 49.7 Å². The Morgan fingerprint density at radius 2 is 2.06 bits per heavy atom. The summed E-state index contributed by atoms with van der Waals surface area (Å²) in [6, 6.07) is 0. The third-order valence-corrected chi connectivity index (χ3v) is 3.45. The van der Waals surface area contributed by atoms with Crippen molar-refractivity contribution in [2.24, 2.45) is 5.92 Å². The molecule has 0 amide bonds. The highest BCUT2D eigenvalue weighted by atomic mass is 16.5. The fraction of sp³-hybridized carbons (Fsp3) is 0.833. The van der Waals surface area contributed by atoms with Gasteiger partial charge in [0.05, 0.1) is 0 Å². The molecule has 3 rings (SSSR count). The van der Waals surface area contributed by atoms with Crippen LogP contribution in [0.25, 0.3) is 0 Å². The minimum absolute atomic E-state index is 0.419. The lowest BCUT2D eigenvalue weighted by atomic mass is 10.0. The summed E-state index contributed by atoms with van der Waals surface area (Å²) in [5.41, 5.74) is 0. The van der Waals surface area contributed by atoms with E-state index in [1.54, 1.807) is 0 Å². The largest absolute Gasteiger partial charge is 0.381 e. The van der Waals surface area contributed by atoms with E-state index in [4.69, 9.17) is 9.26 Å². The van der Waals surface area contributed by atoms with Gasteiger partial charge in [0.15, 0.2) is 5.82 Å². The van der Waals surface area contributed by atoms with E-state index >= 15 is 0 Å². The highest BCUT2D eigenvalue weighted by Crippen LogP contribution is 2.32. The summed E-state index contributed by atoms with van der Waals surface area (Å²) in [5, 5.41) is 4.08. The quantitative estimate of drug-likeness (QED) is 0.787. The Labute approximate surface area is 95.4 Å². The predicted octanol–water partition coefficient (Wildman–Crippen LogP) is 2.31. The van der Waals surface area contributed by atoms with Crippen molar-refractivity contribution in [2.45, 2.75) is 44.4 Å². The van der Waals surface area contributed by atoms with Gasteiger partial charge in [0.1, 0.15) is 0 Å². The molecule has 1 aromatic rings. The Morgan fingerprint density at radius 1 is 1.12 bits per heavy atom. The first-order valence-electron chi connectivity index (χ1n) is 6.32. The molecule has 1 saturated heterocycles. The molecule has 2 aliphatic rings. The summed E-state index contributed by atoms with van der Waals surface area (Å²) in [4.78, 5) is 4.52. The zero-order valence-corrected chi connectivity index (χ0v) is 9.52. The molecule has 0 bridgehead atoms. The fourth-order valence-corrected chi connectivity index (χ4v) is 2.25. The number of rotatable bonds is 3. The Morgan fingerprint density at radius 3 is 2.94 bits per heavy atom. The molecular weight excluding hydrogens is 204 g/mol. The van der Waals surface area contributed by atoms with Crippen molar-refractivity contribution in [3.05, 3.63) is 11.7 Å². The standard InChI is InChI=1S/C12H18N2O2/c1-2-10(5-7-15-6-1)12-13-11(14-16-12)8-9-3-4-9/h9-10H,1-8H2. The van der Waals surface area contributed by atoms with Crippen molar-refractivity contribution >= 4 is 0 Å². The summed E-state index contributed by atoms with van der Waals surface area (Å²) in [7, 11) is 0. The molecule has 2 heterocycles. The van der Waals surface area contributed by atoms with E-state index in [2.05, 4.69) is 10.1 Å². The zero-order valence-electron chi connectivity index (χ0n) is 9.52. The van der Waals surface area contributed by atoms with E-state index in [-0.39, 0.29) is 0 Å². The van der Waals surface area contributed by atoms with Crippen LogP contribution >= 0.6 is 0 Å². The van der Waals surface area contributed by atoms with Crippen LogP contribution in [0.5, 0.6) is 0 Å². The molecule has 16 heavy (non-hydrogen) atoms. The topological polar surface area (TPSA) is 48.2 Å². The van der Waals surface area contributed by atoms with Crippen LogP contribution in [0.2, 0.25) is 0 Å². The first-order chi connectivity index (χ1) is 7.92. The Hall–Kier alpha value is -0.900. The Balaban J connectivity index is 1.64. The van der Waals surface area contributed by atoms with Gasteiger partial charge in [-0.2, -0.15) is 4.98 Å². The first kappa shape index (κ1) is 10.3. The maximum absolute atomic E-state index is 5.44. The Bertz CT molecular complexity index is 339. The predicted molar refractivity (Wildman–Crippen MR) is 58.1 cm³/mol. The van der Waals surface area contributed by atoms with Crippen LogP contribution in [0.3, 0.4) is 0 Å². The van der Waals surface area contributed by atoms with Gasteiger partial charge in [0.2, 0.25) is 5.89 Å². The average Bonchev–Trinajstić information content (AvgIpc) is 3.03. The minimum Gasteiger partial charge on any atom is -0.381 e. The molecule has 0 radical (unpaired) electrons. The molecule has 4 nitrogen and oxygen atoms in total. The SMILES string of the molecule is C1COCCC(c2nc(CC3CC3)no2)C1. The molecular formula is C12H18N2O2. The third-order valence-electron chi connectivity index (χ3n) is 3.45. The molecule has 0 N–H and O–H groups in total. The fourth-order valence-electron chi connectivity index (χ4n) is 2.25. The van der Waals surface area contributed by atoms with Crippen molar-refractivity contribution in [2.75, 3.05) is 13.2 Å². The van der Waals surface area contributed by atoms with E-state index < -0.39 is 0 Å². The Kier molecular flexibility index (Phi) is 2.91. The summed E-state index contributed by atoms with van der Waals surface area (Å²) in [6.45, 7) is 1.70. The van der Waals surface area contributed by atoms with Gasteiger partial charge in [0.25, 0.3) is 0 Å². The van der Waals surface area contributed by atoms with Crippen LogP contribution in [0.4, 0.5) is 0 Å². The molecule has 1 saturated carbocycles. The second-order valence-corrected chi connectivity index (χ2v) is 4.94. The molecule has 1 atom stereocenters. The number of ether oxygens (including phenoxy) is 1. The van der Waals surface area contributed by atoms with E-state index in [0.29, 0.717) is 5.92 Å².